The van der Waals surface area contributed by atoms with Crippen LogP contribution in [0.5, 0.6) is 0 Å². The summed E-state index contributed by atoms with van der Waals surface area (Å²) in [6, 6.07) is 4.63. The molecule has 5 fully saturated rings. The van der Waals surface area contributed by atoms with E-state index in [1.54, 1.807) is 0 Å². The molecular weight excluding hydrogens is 276 g/mol. The minimum atomic E-state index is -1.22. The third kappa shape index (κ3) is 1.46. The van der Waals surface area contributed by atoms with Gasteiger partial charge in [-0.1, -0.05) is 19.6 Å². The largest absolute Gasteiger partial charge is 0.353 e. The second-order valence-electron chi connectivity index (χ2n) is 9.00. The summed E-state index contributed by atoms with van der Waals surface area (Å²) in [5.41, 5.74) is -0.255. The summed E-state index contributed by atoms with van der Waals surface area (Å²) in [5, 5.41) is 19.3. The van der Waals surface area contributed by atoms with Gasteiger partial charge in [-0.3, -0.25) is 0 Å². The minimum absolute atomic E-state index is 0.184. The highest BCUT2D eigenvalue weighted by Crippen LogP contribution is 2.74. The summed E-state index contributed by atoms with van der Waals surface area (Å²) < 4.78 is 6.15. The number of hydrogen-bond acceptors (Lipinski definition) is 3. The van der Waals surface area contributed by atoms with E-state index in [4.69, 9.17) is 4.74 Å². The Morgan fingerprint density at radius 2 is 1.62 bits per heavy atom. The van der Waals surface area contributed by atoms with Crippen LogP contribution in [0.25, 0.3) is 0 Å². The number of nitrogens with zero attached hydrogens (tertiary/aromatic N) is 2. The van der Waals surface area contributed by atoms with Crippen LogP contribution < -0.4 is 0 Å². The molecule has 0 radical (unpaired) electrons. The highest BCUT2D eigenvalue weighted by molar-refractivity contribution is 6.79. The first-order valence-electron chi connectivity index (χ1n) is 8.33. The van der Waals surface area contributed by atoms with Crippen molar-refractivity contribution in [3.63, 3.8) is 0 Å². The van der Waals surface area contributed by atoms with E-state index in [1.165, 1.54) is 32.1 Å². The first kappa shape index (κ1) is 13.8. The van der Waals surface area contributed by atoms with Gasteiger partial charge in [0.05, 0.1) is 25.8 Å². The van der Waals surface area contributed by atoms with Gasteiger partial charge in [0.25, 0.3) is 0 Å². The zero-order valence-corrected chi connectivity index (χ0v) is 14.2. The molecule has 0 aromatic rings. The summed E-state index contributed by atoms with van der Waals surface area (Å²) >= 11 is 0. The number of nitriles is 2. The van der Waals surface area contributed by atoms with Crippen LogP contribution in [0, 0.1) is 46.3 Å². The number of rotatable bonds is 1. The van der Waals surface area contributed by atoms with Crippen molar-refractivity contribution >= 4 is 8.07 Å². The Bertz CT molecular complexity index is 551. The molecule has 21 heavy (non-hydrogen) atoms. The molecule has 4 aliphatic carbocycles. The predicted octanol–water partition coefficient (Wildman–Crippen LogP) is 3.71. The van der Waals surface area contributed by atoms with Gasteiger partial charge in [-0.15, -0.1) is 0 Å². The lowest BCUT2D eigenvalue weighted by Crippen LogP contribution is -2.74. The van der Waals surface area contributed by atoms with E-state index in [0.717, 1.165) is 5.92 Å². The lowest BCUT2D eigenvalue weighted by molar-refractivity contribution is -0.314. The first-order valence-corrected chi connectivity index (χ1v) is 11.8. The first-order chi connectivity index (χ1) is 9.86. The Morgan fingerprint density at radius 3 is 2.10 bits per heavy atom. The zero-order valence-electron chi connectivity index (χ0n) is 13.2. The maximum Gasteiger partial charge on any atom is 0.163 e. The molecule has 0 aromatic heterocycles. The van der Waals surface area contributed by atoms with Gasteiger partial charge in [0.15, 0.2) is 6.10 Å². The van der Waals surface area contributed by atoms with Crippen molar-refractivity contribution in [3.05, 3.63) is 0 Å². The van der Waals surface area contributed by atoms with Crippen LogP contribution in [0.1, 0.15) is 32.1 Å². The molecule has 1 spiro atoms. The van der Waals surface area contributed by atoms with Gasteiger partial charge < -0.3 is 4.74 Å². The lowest BCUT2D eigenvalue weighted by Gasteiger charge is -2.71. The molecule has 4 saturated carbocycles. The Morgan fingerprint density at radius 1 is 1.00 bits per heavy atom. The van der Waals surface area contributed by atoms with Gasteiger partial charge in [-0.25, -0.2) is 0 Å². The molecular formula is C17H24N2OSi. The second kappa shape index (κ2) is 3.92. The fraction of sp³-hybridized carbons (Fsp3) is 0.882. The molecule has 5 rings (SSSR count). The summed E-state index contributed by atoms with van der Waals surface area (Å²) in [5.74, 6) is 1.73. The summed E-state index contributed by atoms with van der Waals surface area (Å²) in [6.07, 6.45) is 5.93. The Hall–Kier alpha value is -0.843. The topological polar surface area (TPSA) is 56.8 Å². The molecule has 4 bridgehead atoms. The van der Waals surface area contributed by atoms with Crippen LogP contribution >= 0.6 is 0 Å². The fourth-order valence-electron chi connectivity index (χ4n) is 6.41. The van der Waals surface area contributed by atoms with Crippen LogP contribution in [0.3, 0.4) is 0 Å². The summed E-state index contributed by atoms with van der Waals surface area (Å²) in [6.45, 7) is 7.57. The minimum Gasteiger partial charge on any atom is -0.353 e. The van der Waals surface area contributed by atoms with Crippen molar-refractivity contribution in [1.29, 1.82) is 10.5 Å². The van der Waals surface area contributed by atoms with Crippen molar-refractivity contribution in [2.75, 3.05) is 0 Å². The van der Waals surface area contributed by atoms with E-state index < -0.39 is 14.2 Å². The Kier molecular flexibility index (Phi) is 2.57. The van der Waals surface area contributed by atoms with Crippen molar-refractivity contribution in [2.45, 2.75) is 68.5 Å². The molecule has 1 heterocycles. The third-order valence-corrected chi connectivity index (χ3v) is 11.2. The molecule has 0 aromatic carbocycles. The standard InChI is InChI=1S/C17H24N2OSi/c1-21(2,3)16-6-11-4-12(7-16)17(13(5-11)8-16)14(9-18)15(10-19)20-17/h11-15H,4-8H2,1-3H3/t11?,12-,13+,14-,15-,16?,17?/m1/s1. The van der Waals surface area contributed by atoms with Gasteiger partial charge in [0, 0.05) is 0 Å². The van der Waals surface area contributed by atoms with E-state index in [-0.39, 0.29) is 11.5 Å². The molecule has 112 valence electrons. The lowest BCUT2D eigenvalue weighted by atomic mass is 9.45. The van der Waals surface area contributed by atoms with E-state index in [2.05, 4.69) is 31.8 Å². The zero-order chi connectivity index (χ0) is 15.0. The second-order valence-corrected chi connectivity index (χ2v) is 14.6. The smallest absolute Gasteiger partial charge is 0.163 e. The Balaban J connectivity index is 1.72. The monoisotopic (exact) mass is 300 g/mol. The average Bonchev–Trinajstić information content (AvgIpc) is 2.36. The molecule has 1 aliphatic heterocycles. The van der Waals surface area contributed by atoms with Crippen molar-refractivity contribution < 1.29 is 4.74 Å². The van der Waals surface area contributed by atoms with Gasteiger partial charge in [0.1, 0.15) is 5.92 Å². The highest BCUT2D eigenvalue weighted by atomic mass is 28.3. The van der Waals surface area contributed by atoms with E-state index in [1.807, 2.05) is 0 Å². The normalized spacial score (nSPS) is 54.0. The summed E-state index contributed by atoms with van der Waals surface area (Å²) in [7, 11) is -1.22. The predicted molar refractivity (Wildman–Crippen MR) is 81.9 cm³/mol. The highest BCUT2D eigenvalue weighted by Gasteiger charge is 2.73. The van der Waals surface area contributed by atoms with Gasteiger partial charge in [0.2, 0.25) is 0 Å². The van der Waals surface area contributed by atoms with Crippen LogP contribution in [0.4, 0.5) is 0 Å². The van der Waals surface area contributed by atoms with E-state index in [0.29, 0.717) is 16.9 Å². The molecule has 3 unspecified atom stereocenters. The number of ether oxygens (including phenoxy) is 1. The molecule has 1 saturated heterocycles. The maximum atomic E-state index is 9.59. The van der Waals surface area contributed by atoms with Crippen molar-refractivity contribution in [2.24, 2.45) is 23.7 Å². The van der Waals surface area contributed by atoms with Crippen molar-refractivity contribution in [1.82, 2.24) is 0 Å². The maximum absolute atomic E-state index is 9.59. The van der Waals surface area contributed by atoms with Crippen LogP contribution in [-0.4, -0.2) is 19.8 Å². The quantitative estimate of drug-likeness (QED) is 0.694. The van der Waals surface area contributed by atoms with Gasteiger partial charge in [-0.2, -0.15) is 10.5 Å². The van der Waals surface area contributed by atoms with E-state index in [9.17, 15) is 10.5 Å². The number of hydrogen-bond donors (Lipinski definition) is 0. The third-order valence-electron chi connectivity index (χ3n) is 7.44. The average molecular weight is 300 g/mol. The Labute approximate surface area is 128 Å². The van der Waals surface area contributed by atoms with Crippen LogP contribution in [0.15, 0.2) is 0 Å². The van der Waals surface area contributed by atoms with Gasteiger partial charge in [-0.05, 0) is 54.9 Å². The van der Waals surface area contributed by atoms with Crippen molar-refractivity contribution in [3.8, 4) is 12.1 Å². The molecule has 3 nitrogen and oxygen atoms in total. The molecule has 0 amide bonds. The molecule has 0 N–H and O–H groups in total. The molecule has 5 aliphatic rings. The summed E-state index contributed by atoms with van der Waals surface area (Å²) in [4.78, 5) is 0. The van der Waals surface area contributed by atoms with E-state index >= 15 is 0 Å². The molecule has 7 atom stereocenters. The fourth-order valence-corrected chi connectivity index (χ4v) is 9.03. The molecule has 4 heteroatoms. The van der Waals surface area contributed by atoms with Crippen LogP contribution in [-0.2, 0) is 4.74 Å². The van der Waals surface area contributed by atoms with Gasteiger partial charge >= 0.3 is 0 Å². The van der Waals surface area contributed by atoms with Crippen LogP contribution in [0.2, 0.25) is 24.7 Å². The SMILES string of the molecule is C[Si](C)(C)C12CC3C[C@H](C1)C1(O[C@H](C#N)[C@H]1C#N)[C@@H](C3)C2.